The first kappa shape index (κ1) is 12.2. The highest BCUT2D eigenvalue weighted by Crippen LogP contribution is 2.27. The van der Waals surface area contributed by atoms with E-state index in [1.54, 1.807) is 0 Å². The van der Waals surface area contributed by atoms with Crippen molar-refractivity contribution < 1.29 is 24.9 Å². The molecule has 5 N–H and O–H groups in total. The molecule has 0 heterocycles. The zero-order chi connectivity index (χ0) is 12.3. The molecule has 0 aromatic heterocycles. The topological polar surface area (TPSA) is 121 Å². The number of aliphatic hydroxyl groups is 1. The fourth-order valence-electron chi connectivity index (χ4n) is 1.27. The summed E-state index contributed by atoms with van der Waals surface area (Å²) in [5, 5.41) is 27.2. The summed E-state index contributed by atoms with van der Waals surface area (Å²) in [6, 6.07) is 1.24. The third kappa shape index (κ3) is 2.18. The molecular weight excluding hydrogens is 214 g/mol. The average Bonchev–Trinajstić information content (AvgIpc) is 2.28. The normalized spacial score (nSPS) is 12.1. The molecule has 1 rings (SSSR count). The van der Waals surface area contributed by atoms with Gasteiger partial charge in [-0.2, -0.15) is 0 Å². The Labute approximate surface area is 90.9 Å². The maximum Gasteiger partial charge on any atom is 0.335 e. The van der Waals surface area contributed by atoms with Gasteiger partial charge in [0.15, 0.2) is 6.29 Å². The summed E-state index contributed by atoms with van der Waals surface area (Å²) in [6.07, 6.45) is 0.329. The maximum atomic E-state index is 10.7. The van der Waals surface area contributed by atoms with Crippen molar-refractivity contribution in [3.63, 3.8) is 0 Å². The van der Waals surface area contributed by atoms with E-state index in [9.17, 15) is 14.7 Å². The highest BCUT2D eigenvalue weighted by Gasteiger charge is 2.17. The van der Waals surface area contributed by atoms with Crippen molar-refractivity contribution in [3.8, 4) is 5.75 Å². The van der Waals surface area contributed by atoms with Crippen molar-refractivity contribution in [2.45, 2.75) is 6.04 Å². The number of aliphatic hydroxyl groups excluding tert-OH is 1. The first-order chi connectivity index (χ1) is 7.51. The van der Waals surface area contributed by atoms with Crippen LogP contribution in [0.4, 0.5) is 0 Å². The Hall–Kier alpha value is -1.92. The van der Waals surface area contributed by atoms with Crippen LogP contribution in [0.25, 0.3) is 0 Å². The standard InChI is InChI=1S/C10H11NO5/c11-8(4-13)7-2-5(10(15)16)1-6(3-12)9(7)14/h1-3,8,13-14H,4,11H2,(H,15,16). The second kappa shape index (κ2) is 4.73. The number of hydrogen-bond donors (Lipinski definition) is 4. The van der Waals surface area contributed by atoms with Gasteiger partial charge in [0.1, 0.15) is 5.75 Å². The number of aromatic hydroxyl groups is 1. The number of aldehydes is 1. The number of carbonyl (C=O) groups excluding carboxylic acids is 1. The molecule has 1 aromatic rings. The molecule has 0 radical (unpaired) electrons. The second-order valence-electron chi connectivity index (χ2n) is 3.22. The van der Waals surface area contributed by atoms with Crippen LogP contribution in [-0.2, 0) is 0 Å². The summed E-state index contributed by atoms with van der Waals surface area (Å²) in [5.74, 6) is -1.64. The van der Waals surface area contributed by atoms with Crippen LogP contribution in [0.5, 0.6) is 5.75 Å². The molecule has 1 unspecified atom stereocenters. The monoisotopic (exact) mass is 225 g/mol. The summed E-state index contributed by atoms with van der Waals surface area (Å²) < 4.78 is 0. The number of phenolic OH excluding ortho intramolecular Hbond substituents is 1. The van der Waals surface area contributed by atoms with Crippen LogP contribution >= 0.6 is 0 Å². The summed E-state index contributed by atoms with van der Waals surface area (Å²) in [7, 11) is 0. The fourth-order valence-corrected chi connectivity index (χ4v) is 1.27. The van der Waals surface area contributed by atoms with E-state index in [2.05, 4.69) is 0 Å². The van der Waals surface area contributed by atoms with Gasteiger partial charge in [0.2, 0.25) is 0 Å². The van der Waals surface area contributed by atoms with Crippen molar-refractivity contribution in [2.24, 2.45) is 5.73 Å². The van der Waals surface area contributed by atoms with E-state index < -0.39 is 24.4 Å². The lowest BCUT2D eigenvalue weighted by atomic mass is 10.00. The van der Waals surface area contributed by atoms with Crippen molar-refractivity contribution in [1.29, 1.82) is 0 Å². The molecule has 0 aliphatic rings. The Morgan fingerprint density at radius 2 is 2.12 bits per heavy atom. The van der Waals surface area contributed by atoms with E-state index in [4.69, 9.17) is 15.9 Å². The smallest absolute Gasteiger partial charge is 0.335 e. The SMILES string of the molecule is NC(CO)c1cc(C(=O)O)cc(C=O)c1O. The van der Waals surface area contributed by atoms with Crippen molar-refractivity contribution >= 4 is 12.3 Å². The molecule has 6 nitrogen and oxygen atoms in total. The molecular formula is C10H11NO5. The number of carboxylic acid groups (broad SMARTS) is 1. The van der Waals surface area contributed by atoms with Crippen LogP contribution in [0.1, 0.15) is 32.3 Å². The number of carboxylic acids is 1. The van der Waals surface area contributed by atoms with Crippen LogP contribution in [0.3, 0.4) is 0 Å². The average molecular weight is 225 g/mol. The van der Waals surface area contributed by atoms with Crippen molar-refractivity contribution in [2.75, 3.05) is 6.61 Å². The van der Waals surface area contributed by atoms with E-state index in [1.165, 1.54) is 0 Å². The van der Waals surface area contributed by atoms with Crippen LogP contribution in [-0.4, -0.2) is 34.2 Å². The molecule has 1 atom stereocenters. The van der Waals surface area contributed by atoms with Gasteiger partial charge < -0.3 is 21.1 Å². The van der Waals surface area contributed by atoms with Gasteiger partial charge in [-0.15, -0.1) is 0 Å². The van der Waals surface area contributed by atoms with E-state index in [-0.39, 0.29) is 16.7 Å². The molecule has 0 saturated carbocycles. The Morgan fingerprint density at radius 3 is 2.56 bits per heavy atom. The van der Waals surface area contributed by atoms with Gasteiger partial charge in [0, 0.05) is 5.56 Å². The summed E-state index contributed by atoms with van der Waals surface area (Å²) in [4.78, 5) is 21.4. The Bertz CT molecular complexity index is 429. The summed E-state index contributed by atoms with van der Waals surface area (Å²) in [5.41, 5.74) is 5.17. The molecule has 1 aromatic carbocycles. The number of rotatable bonds is 4. The zero-order valence-electron chi connectivity index (χ0n) is 8.25. The Balaban J connectivity index is 3.41. The van der Waals surface area contributed by atoms with Crippen LogP contribution in [0, 0.1) is 0 Å². The lowest BCUT2D eigenvalue weighted by Crippen LogP contribution is -2.16. The molecule has 16 heavy (non-hydrogen) atoms. The lowest BCUT2D eigenvalue weighted by Gasteiger charge is -2.13. The molecule has 0 amide bonds. The van der Waals surface area contributed by atoms with Gasteiger partial charge in [-0.3, -0.25) is 4.79 Å². The predicted octanol–water partition coefficient (Wildman–Crippen LogP) is -0.105. The summed E-state index contributed by atoms with van der Waals surface area (Å²) in [6.45, 7) is -0.463. The summed E-state index contributed by atoms with van der Waals surface area (Å²) >= 11 is 0. The minimum Gasteiger partial charge on any atom is -0.507 e. The molecule has 86 valence electrons. The minimum absolute atomic E-state index is 0.0319. The van der Waals surface area contributed by atoms with Crippen LogP contribution < -0.4 is 5.73 Å². The zero-order valence-corrected chi connectivity index (χ0v) is 8.25. The van der Waals surface area contributed by atoms with E-state index >= 15 is 0 Å². The second-order valence-corrected chi connectivity index (χ2v) is 3.22. The number of aromatic carboxylic acids is 1. The maximum absolute atomic E-state index is 10.7. The van der Waals surface area contributed by atoms with Gasteiger partial charge in [0.05, 0.1) is 23.8 Å². The number of hydrogen-bond acceptors (Lipinski definition) is 5. The number of benzene rings is 1. The van der Waals surface area contributed by atoms with Crippen molar-refractivity contribution in [1.82, 2.24) is 0 Å². The van der Waals surface area contributed by atoms with E-state index in [0.717, 1.165) is 12.1 Å². The first-order valence-electron chi connectivity index (χ1n) is 4.43. The molecule has 0 fully saturated rings. The van der Waals surface area contributed by atoms with Gasteiger partial charge in [-0.1, -0.05) is 0 Å². The highest BCUT2D eigenvalue weighted by atomic mass is 16.4. The number of carbonyl (C=O) groups is 2. The lowest BCUT2D eigenvalue weighted by molar-refractivity contribution is 0.0696. The van der Waals surface area contributed by atoms with Gasteiger partial charge in [-0.05, 0) is 12.1 Å². The molecule has 0 spiro atoms. The molecule has 0 aliphatic heterocycles. The van der Waals surface area contributed by atoms with Crippen LogP contribution in [0.2, 0.25) is 0 Å². The third-order valence-corrected chi connectivity index (χ3v) is 2.14. The van der Waals surface area contributed by atoms with E-state index in [0.29, 0.717) is 6.29 Å². The fraction of sp³-hybridized carbons (Fsp3) is 0.200. The number of nitrogens with two attached hydrogens (primary N) is 1. The van der Waals surface area contributed by atoms with Gasteiger partial charge >= 0.3 is 5.97 Å². The quantitative estimate of drug-likeness (QED) is 0.531. The van der Waals surface area contributed by atoms with Gasteiger partial charge in [0.25, 0.3) is 0 Å². The van der Waals surface area contributed by atoms with E-state index in [1.807, 2.05) is 0 Å². The minimum atomic E-state index is -1.24. The van der Waals surface area contributed by atoms with Gasteiger partial charge in [-0.25, -0.2) is 4.79 Å². The first-order valence-corrected chi connectivity index (χ1v) is 4.43. The molecule has 0 aliphatic carbocycles. The molecule has 0 bridgehead atoms. The Kier molecular flexibility index (Phi) is 3.60. The Morgan fingerprint density at radius 1 is 1.50 bits per heavy atom. The molecule has 0 saturated heterocycles. The number of phenols is 1. The third-order valence-electron chi connectivity index (χ3n) is 2.14. The van der Waals surface area contributed by atoms with Crippen molar-refractivity contribution in [3.05, 3.63) is 28.8 Å². The highest BCUT2D eigenvalue weighted by molar-refractivity contribution is 5.92. The predicted molar refractivity (Wildman–Crippen MR) is 54.5 cm³/mol. The van der Waals surface area contributed by atoms with Crippen LogP contribution in [0.15, 0.2) is 12.1 Å². The molecule has 6 heteroatoms. The largest absolute Gasteiger partial charge is 0.507 e.